The van der Waals surface area contributed by atoms with Crippen LogP contribution in [0.3, 0.4) is 0 Å². The average molecular weight is 240 g/mol. The van der Waals surface area contributed by atoms with Crippen LogP contribution in [0, 0.1) is 0 Å². The molecule has 0 fully saturated rings. The summed E-state index contributed by atoms with van der Waals surface area (Å²) in [7, 11) is 1.60. The van der Waals surface area contributed by atoms with E-state index in [1.54, 1.807) is 7.11 Å². The summed E-state index contributed by atoms with van der Waals surface area (Å²) in [6, 6.07) is 1.83. The number of thiophene rings is 1. The Kier molecular flexibility index (Phi) is 2.97. The van der Waals surface area contributed by atoms with Crippen molar-refractivity contribution in [3.8, 4) is 10.8 Å². The van der Waals surface area contributed by atoms with E-state index >= 15 is 0 Å². The summed E-state index contributed by atoms with van der Waals surface area (Å²) in [5.41, 5.74) is 0.984. The van der Waals surface area contributed by atoms with Gasteiger partial charge in [-0.05, 0) is 22.2 Å². The van der Waals surface area contributed by atoms with Crippen molar-refractivity contribution >= 4 is 17.3 Å². The van der Waals surface area contributed by atoms with Gasteiger partial charge in [0.25, 0.3) is 11.7 Å². The average Bonchev–Trinajstić information content (AvgIpc) is 2.84. The van der Waals surface area contributed by atoms with Crippen LogP contribution in [0.1, 0.15) is 16.2 Å². The van der Waals surface area contributed by atoms with E-state index < -0.39 is 5.97 Å². The second kappa shape index (κ2) is 4.42. The van der Waals surface area contributed by atoms with E-state index in [9.17, 15) is 4.79 Å². The number of carbonyl (C=O) groups is 1. The standard InChI is InChI=1S/C9H8N2O4S/c1-14-3-5-2-6(16-4-5)8-10-7(9(12)13)11-15-8/h2,4H,3H2,1H3,(H,12,13). The maximum atomic E-state index is 10.6. The smallest absolute Gasteiger partial charge is 0.377 e. The van der Waals surface area contributed by atoms with Crippen molar-refractivity contribution in [2.24, 2.45) is 0 Å². The monoisotopic (exact) mass is 240 g/mol. The molecular formula is C9H8N2O4S. The summed E-state index contributed by atoms with van der Waals surface area (Å²) in [5, 5.41) is 13.9. The van der Waals surface area contributed by atoms with Crippen molar-refractivity contribution in [3.05, 3.63) is 22.8 Å². The minimum Gasteiger partial charge on any atom is -0.475 e. The van der Waals surface area contributed by atoms with Gasteiger partial charge >= 0.3 is 5.97 Å². The van der Waals surface area contributed by atoms with Crippen molar-refractivity contribution in [1.82, 2.24) is 10.1 Å². The van der Waals surface area contributed by atoms with Crippen molar-refractivity contribution < 1.29 is 19.2 Å². The maximum absolute atomic E-state index is 10.6. The minimum absolute atomic E-state index is 0.213. The molecular weight excluding hydrogens is 232 g/mol. The van der Waals surface area contributed by atoms with Gasteiger partial charge in [-0.1, -0.05) is 0 Å². The number of ether oxygens (including phenoxy) is 1. The summed E-state index contributed by atoms with van der Waals surface area (Å²) >= 11 is 1.40. The third-order valence-electron chi connectivity index (χ3n) is 1.79. The zero-order valence-electron chi connectivity index (χ0n) is 8.34. The number of rotatable bonds is 4. The molecule has 0 atom stereocenters. The van der Waals surface area contributed by atoms with E-state index in [2.05, 4.69) is 10.1 Å². The highest BCUT2D eigenvalue weighted by molar-refractivity contribution is 7.13. The molecule has 2 heterocycles. The molecule has 0 aliphatic carbocycles. The van der Waals surface area contributed by atoms with Gasteiger partial charge < -0.3 is 14.4 Å². The summed E-state index contributed by atoms with van der Waals surface area (Å²) in [5.74, 6) is -1.33. The quantitative estimate of drug-likeness (QED) is 0.874. The molecule has 2 aromatic heterocycles. The van der Waals surface area contributed by atoms with Gasteiger partial charge in [-0.2, -0.15) is 4.98 Å². The van der Waals surface area contributed by atoms with E-state index in [-0.39, 0.29) is 11.7 Å². The van der Waals surface area contributed by atoms with Crippen LogP contribution in [0.15, 0.2) is 16.0 Å². The molecule has 0 saturated heterocycles. The molecule has 2 aromatic rings. The first-order chi connectivity index (χ1) is 7.70. The molecule has 16 heavy (non-hydrogen) atoms. The van der Waals surface area contributed by atoms with Gasteiger partial charge in [0.2, 0.25) is 0 Å². The first-order valence-corrected chi connectivity index (χ1v) is 5.22. The number of carboxylic acid groups (broad SMARTS) is 1. The van der Waals surface area contributed by atoms with E-state index in [0.29, 0.717) is 6.61 Å². The topological polar surface area (TPSA) is 85.5 Å². The lowest BCUT2D eigenvalue weighted by Crippen LogP contribution is -1.97. The maximum Gasteiger partial charge on any atom is 0.377 e. The van der Waals surface area contributed by atoms with Gasteiger partial charge in [-0.25, -0.2) is 4.79 Å². The van der Waals surface area contributed by atoms with Crippen molar-refractivity contribution in [3.63, 3.8) is 0 Å². The van der Waals surface area contributed by atoms with Crippen molar-refractivity contribution in [1.29, 1.82) is 0 Å². The molecule has 0 aliphatic rings. The van der Waals surface area contributed by atoms with Crippen LogP contribution >= 0.6 is 11.3 Å². The summed E-state index contributed by atoms with van der Waals surface area (Å²) in [4.78, 5) is 15.0. The second-order valence-electron chi connectivity index (χ2n) is 2.98. The van der Waals surface area contributed by atoms with Gasteiger partial charge in [0, 0.05) is 7.11 Å². The molecule has 0 saturated carbocycles. The Bertz CT molecular complexity index is 505. The number of carboxylic acids is 1. The van der Waals surface area contributed by atoms with Crippen LogP contribution in [0.5, 0.6) is 0 Å². The molecule has 84 valence electrons. The minimum atomic E-state index is -1.20. The summed E-state index contributed by atoms with van der Waals surface area (Å²) in [6.07, 6.45) is 0. The van der Waals surface area contributed by atoms with Crippen molar-refractivity contribution in [2.45, 2.75) is 6.61 Å². The van der Waals surface area contributed by atoms with E-state index in [0.717, 1.165) is 10.4 Å². The number of hydrogen-bond donors (Lipinski definition) is 1. The van der Waals surface area contributed by atoms with E-state index in [1.807, 2.05) is 11.4 Å². The highest BCUT2D eigenvalue weighted by atomic mass is 32.1. The number of nitrogens with zero attached hydrogens (tertiary/aromatic N) is 2. The molecule has 0 radical (unpaired) electrons. The highest BCUT2D eigenvalue weighted by Gasteiger charge is 2.15. The number of hydrogen-bond acceptors (Lipinski definition) is 6. The van der Waals surface area contributed by atoms with Crippen LogP contribution in [-0.2, 0) is 11.3 Å². The first-order valence-electron chi connectivity index (χ1n) is 4.34. The Labute approximate surface area is 94.5 Å². The second-order valence-corrected chi connectivity index (χ2v) is 3.89. The fraction of sp³-hybridized carbons (Fsp3) is 0.222. The fourth-order valence-corrected chi connectivity index (χ4v) is 1.96. The number of methoxy groups -OCH3 is 1. The highest BCUT2D eigenvalue weighted by Crippen LogP contribution is 2.25. The van der Waals surface area contributed by atoms with Gasteiger partial charge in [0.15, 0.2) is 0 Å². The molecule has 0 spiro atoms. The van der Waals surface area contributed by atoms with Crippen LogP contribution in [0.2, 0.25) is 0 Å². The van der Waals surface area contributed by atoms with Crippen molar-refractivity contribution in [2.75, 3.05) is 7.11 Å². The molecule has 0 bridgehead atoms. The van der Waals surface area contributed by atoms with Crippen LogP contribution in [0.4, 0.5) is 0 Å². The van der Waals surface area contributed by atoms with Crippen LogP contribution in [0.25, 0.3) is 10.8 Å². The zero-order chi connectivity index (χ0) is 11.5. The largest absolute Gasteiger partial charge is 0.475 e. The number of aromatic carboxylic acids is 1. The predicted molar refractivity (Wildman–Crippen MR) is 55.3 cm³/mol. The Balaban J connectivity index is 2.24. The summed E-state index contributed by atoms with van der Waals surface area (Å²) < 4.78 is 9.80. The third-order valence-corrected chi connectivity index (χ3v) is 2.76. The molecule has 0 unspecified atom stereocenters. The SMILES string of the molecule is COCc1csc(-c2nc(C(=O)O)no2)c1. The Morgan fingerprint density at radius 3 is 3.12 bits per heavy atom. The number of aromatic nitrogens is 2. The molecule has 0 aromatic carbocycles. The van der Waals surface area contributed by atoms with E-state index in [4.69, 9.17) is 14.4 Å². The van der Waals surface area contributed by atoms with E-state index in [1.165, 1.54) is 11.3 Å². The Morgan fingerprint density at radius 2 is 2.50 bits per heavy atom. The lowest BCUT2D eigenvalue weighted by Gasteiger charge is -1.90. The molecule has 0 amide bonds. The third kappa shape index (κ3) is 2.10. The Morgan fingerprint density at radius 1 is 1.69 bits per heavy atom. The first kappa shape index (κ1) is 10.8. The molecule has 7 heteroatoms. The normalized spacial score (nSPS) is 10.6. The molecule has 6 nitrogen and oxygen atoms in total. The van der Waals surface area contributed by atoms with Gasteiger partial charge in [-0.3, -0.25) is 0 Å². The lowest BCUT2D eigenvalue weighted by atomic mass is 10.3. The zero-order valence-corrected chi connectivity index (χ0v) is 9.15. The van der Waals surface area contributed by atoms with Crippen LogP contribution < -0.4 is 0 Å². The summed E-state index contributed by atoms with van der Waals surface area (Å²) in [6.45, 7) is 0.496. The van der Waals surface area contributed by atoms with Gasteiger partial charge in [-0.15, -0.1) is 11.3 Å². The molecule has 2 rings (SSSR count). The van der Waals surface area contributed by atoms with Gasteiger partial charge in [0.1, 0.15) is 0 Å². The van der Waals surface area contributed by atoms with Crippen LogP contribution in [-0.4, -0.2) is 28.3 Å². The van der Waals surface area contributed by atoms with Gasteiger partial charge in [0.05, 0.1) is 11.5 Å². The fourth-order valence-electron chi connectivity index (χ4n) is 1.14. The molecule has 1 N–H and O–H groups in total. The predicted octanol–water partition coefficient (Wildman–Crippen LogP) is 1.64. The lowest BCUT2D eigenvalue weighted by molar-refractivity contribution is 0.0680. The molecule has 0 aliphatic heterocycles. The Hall–Kier alpha value is -1.73.